The fourth-order valence-electron chi connectivity index (χ4n) is 3.45. The van der Waals surface area contributed by atoms with E-state index < -0.39 is 10.0 Å². The third-order valence-electron chi connectivity index (χ3n) is 5.06. The molecule has 0 fully saturated rings. The third kappa shape index (κ3) is 4.19. The van der Waals surface area contributed by atoms with E-state index in [9.17, 15) is 8.42 Å². The third-order valence-corrected chi connectivity index (χ3v) is 6.87. The summed E-state index contributed by atoms with van der Waals surface area (Å²) in [5.41, 5.74) is 2.58. The van der Waals surface area contributed by atoms with E-state index in [1.807, 2.05) is 53.3 Å². The molecule has 1 N–H and O–H groups in total. The van der Waals surface area contributed by atoms with Gasteiger partial charge in [-0.05, 0) is 36.8 Å². The molecule has 8 nitrogen and oxygen atoms in total. The summed E-state index contributed by atoms with van der Waals surface area (Å²) >= 11 is 0. The number of benzene rings is 2. The Balaban J connectivity index is 1.61. The topological polar surface area (TPSA) is 85.0 Å². The molecule has 0 spiro atoms. The van der Waals surface area contributed by atoms with Gasteiger partial charge in [-0.1, -0.05) is 25.1 Å². The zero-order chi connectivity index (χ0) is 22.0. The van der Waals surface area contributed by atoms with Crippen molar-refractivity contribution in [3.8, 4) is 5.69 Å². The van der Waals surface area contributed by atoms with Crippen LogP contribution in [-0.2, 0) is 23.1 Å². The van der Waals surface area contributed by atoms with Crippen molar-refractivity contribution in [3.63, 3.8) is 0 Å². The molecule has 2 aromatic carbocycles. The molecule has 2 heterocycles. The van der Waals surface area contributed by atoms with Crippen molar-refractivity contribution >= 4 is 26.9 Å². The maximum atomic E-state index is 12.5. The molecule has 162 valence electrons. The number of sulfonamides is 1. The van der Waals surface area contributed by atoms with Gasteiger partial charge in [0.25, 0.3) is 0 Å². The molecule has 0 saturated heterocycles. The minimum Gasteiger partial charge on any atom is -0.361 e. The second-order valence-electron chi connectivity index (χ2n) is 7.45. The second-order valence-corrected chi connectivity index (χ2v) is 9.60. The van der Waals surface area contributed by atoms with Crippen LogP contribution in [0, 0.1) is 0 Å². The van der Waals surface area contributed by atoms with Gasteiger partial charge in [-0.2, -0.15) is 5.10 Å². The molecule has 0 aliphatic rings. The van der Waals surface area contributed by atoms with Crippen LogP contribution in [-0.4, -0.2) is 46.1 Å². The molecule has 0 bridgehead atoms. The summed E-state index contributed by atoms with van der Waals surface area (Å²) in [6.07, 6.45) is 2.85. The summed E-state index contributed by atoms with van der Waals surface area (Å²) in [5, 5.41) is 7.91. The number of rotatable bonds is 8. The highest BCUT2D eigenvalue weighted by Crippen LogP contribution is 2.23. The maximum absolute atomic E-state index is 12.5. The van der Waals surface area contributed by atoms with Gasteiger partial charge < -0.3 is 9.88 Å². The predicted molar refractivity (Wildman–Crippen MR) is 122 cm³/mol. The number of imidazole rings is 1. The average molecular weight is 439 g/mol. The minimum atomic E-state index is -3.51. The molecule has 2 aromatic heterocycles. The molecule has 0 saturated carbocycles. The van der Waals surface area contributed by atoms with Crippen molar-refractivity contribution in [2.75, 3.05) is 19.4 Å². The number of fused-ring (bicyclic) bond motifs is 1. The Morgan fingerprint density at radius 3 is 2.55 bits per heavy atom. The normalized spacial score (nSPS) is 12.0. The zero-order valence-corrected chi connectivity index (χ0v) is 18.7. The summed E-state index contributed by atoms with van der Waals surface area (Å²) < 4.78 is 30.1. The molecule has 0 aliphatic carbocycles. The maximum Gasteiger partial charge on any atom is 0.242 e. The lowest BCUT2D eigenvalue weighted by molar-refractivity contribution is 0.521. The number of aryl methyl sites for hydroxylation is 1. The summed E-state index contributed by atoms with van der Waals surface area (Å²) in [7, 11) is -0.454. The molecule has 4 aromatic rings. The van der Waals surface area contributed by atoms with E-state index in [1.165, 1.54) is 18.4 Å². The van der Waals surface area contributed by atoms with Crippen LogP contribution in [0.1, 0.15) is 19.2 Å². The van der Waals surface area contributed by atoms with Crippen molar-refractivity contribution in [2.24, 2.45) is 0 Å². The van der Waals surface area contributed by atoms with E-state index in [4.69, 9.17) is 4.98 Å². The fraction of sp³-hybridized carbons (Fsp3) is 0.273. The summed E-state index contributed by atoms with van der Waals surface area (Å²) in [4.78, 5) is 4.97. The summed E-state index contributed by atoms with van der Waals surface area (Å²) in [5.74, 6) is 1.58. The van der Waals surface area contributed by atoms with Crippen LogP contribution in [0.15, 0.2) is 65.7 Å². The number of hydrogen-bond donors (Lipinski definition) is 1. The Morgan fingerprint density at radius 1 is 1.06 bits per heavy atom. The van der Waals surface area contributed by atoms with Crippen molar-refractivity contribution in [1.29, 1.82) is 0 Å². The van der Waals surface area contributed by atoms with Crippen molar-refractivity contribution in [3.05, 3.63) is 66.6 Å². The van der Waals surface area contributed by atoms with Crippen molar-refractivity contribution < 1.29 is 8.42 Å². The zero-order valence-electron chi connectivity index (χ0n) is 17.9. The Morgan fingerprint density at radius 2 is 1.84 bits per heavy atom. The first kappa shape index (κ1) is 21.1. The quantitative estimate of drug-likeness (QED) is 0.455. The lowest BCUT2D eigenvalue weighted by Gasteiger charge is -2.11. The van der Waals surface area contributed by atoms with E-state index in [0.717, 1.165) is 35.8 Å². The van der Waals surface area contributed by atoms with E-state index in [2.05, 4.69) is 21.9 Å². The van der Waals surface area contributed by atoms with E-state index >= 15 is 0 Å². The first-order chi connectivity index (χ1) is 14.9. The monoisotopic (exact) mass is 438 g/mol. The average Bonchev–Trinajstić information content (AvgIpc) is 3.37. The Hall–Kier alpha value is -3.17. The van der Waals surface area contributed by atoms with Crippen LogP contribution in [0.2, 0.25) is 0 Å². The van der Waals surface area contributed by atoms with Gasteiger partial charge in [0.2, 0.25) is 10.0 Å². The van der Waals surface area contributed by atoms with Crippen LogP contribution >= 0.6 is 0 Å². The number of para-hydroxylation sites is 1. The van der Waals surface area contributed by atoms with Crippen LogP contribution in [0.4, 0.5) is 5.82 Å². The van der Waals surface area contributed by atoms with E-state index in [1.54, 1.807) is 12.1 Å². The number of hydrogen-bond acceptors (Lipinski definition) is 5. The molecule has 0 unspecified atom stereocenters. The lowest BCUT2D eigenvalue weighted by atomic mass is 10.3. The van der Waals surface area contributed by atoms with Gasteiger partial charge in [0.15, 0.2) is 0 Å². The molecular weight excluding hydrogens is 412 g/mol. The highest BCUT2D eigenvalue weighted by molar-refractivity contribution is 7.89. The van der Waals surface area contributed by atoms with E-state index in [-0.39, 0.29) is 4.90 Å². The molecule has 0 amide bonds. The van der Waals surface area contributed by atoms with Crippen LogP contribution in [0.3, 0.4) is 0 Å². The highest BCUT2D eigenvalue weighted by Gasteiger charge is 2.19. The molecule has 31 heavy (non-hydrogen) atoms. The van der Waals surface area contributed by atoms with Crippen LogP contribution < -0.4 is 5.32 Å². The minimum absolute atomic E-state index is 0.243. The largest absolute Gasteiger partial charge is 0.361 e. The SMILES string of the molecule is CCCn1c(CNc2ccn(-c3ccccc3)n2)nc2cc(S(=O)(=O)N(C)C)ccc21. The summed E-state index contributed by atoms with van der Waals surface area (Å²) in [6, 6.07) is 17.0. The predicted octanol–water partition coefficient (Wildman–Crippen LogP) is 3.49. The smallest absolute Gasteiger partial charge is 0.242 e. The second kappa shape index (κ2) is 8.52. The van der Waals surface area contributed by atoms with Gasteiger partial charge in [0, 0.05) is 32.9 Å². The first-order valence-corrected chi connectivity index (χ1v) is 11.6. The number of anilines is 1. The Labute approximate surface area is 182 Å². The van der Waals surface area contributed by atoms with Crippen molar-refractivity contribution in [1.82, 2.24) is 23.6 Å². The summed E-state index contributed by atoms with van der Waals surface area (Å²) in [6.45, 7) is 3.39. The van der Waals surface area contributed by atoms with Crippen LogP contribution in [0.25, 0.3) is 16.7 Å². The van der Waals surface area contributed by atoms with Gasteiger partial charge in [-0.25, -0.2) is 22.4 Å². The van der Waals surface area contributed by atoms with Gasteiger partial charge in [-0.3, -0.25) is 0 Å². The van der Waals surface area contributed by atoms with E-state index in [0.29, 0.717) is 12.1 Å². The van der Waals surface area contributed by atoms with Gasteiger partial charge in [-0.15, -0.1) is 0 Å². The first-order valence-electron chi connectivity index (χ1n) is 10.2. The molecule has 0 aliphatic heterocycles. The van der Waals surface area contributed by atoms with Gasteiger partial charge in [0.1, 0.15) is 11.6 Å². The van der Waals surface area contributed by atoms with Crippen LogP contribution in [0.5, 0.6) is 0 Å². The highest BCUT2D eigenvalue weighted by atomic mass is 32.2. The molecule has 0 atom stereocenters. The molecular formula is C22H26N6O2S. The standard InChI is InChI=1S/C22H26N6O2S/c1-4-13-27-20-11-10-18(31(29,30)26(2)3)15-19(20)24-22(27)16-23-21-12-14-28(25-21)17-8-6-5-7-9-17/h5-12,14-15H,4,13,16H2,1-3H3,(H,23,25). The number of nitrogens with zero attached hydrogens (tertiary/aromatic N) is 5. The molecule has 4 rings (SSSR count). The van der Waals surface area contributed by atoms with Gasteiger partial charge >= 0.3 is 0 Å². The van der Waals surface area contributed by atoms with Gasteiger partial charge in [0.05, 0.1) is 28.2 Å². The molecule has 0 radical (unpaired) electrons. The Kier molecular flexibility index (Phi) is 5.79. The van der Waals surface area contributed by atoms with Crippen molar-refractivity contribution in [2.45, 2.75) is 31.3 Å². The Bertz CT molecular complexity index is 1290. The number of nitrogens with one attached hydrogen (secondary N) is 1. The lowest BCUT2D eigenvalue weighted by Crippen LogP contribution is -2.22. The number of aromatic nitrogens is 4. The molecule has 9 heteroatoms. The fourth-order valence-corrected chi connectivity index (χ4v) is 4.37.